The van der Waals surface area contributed by atoms with E-state index in [9.17, 15) is 4.79 Å². The van der Waals surface area contributed by atoms with Crippen molar-refractivity contribution >= 4 is 5.97 Å². The number of ether oxygens (including phenoxy) is 1. The Hall–Kier alpha value is -0.530. The summed E-state index contributed by atoms with van der Waals surface area (Å²) in [6, 6.07) is 0. The van der Waals surface area contributed by atoms with Crippen molar-refractivity contribution < 1.29 is 9.53 Å². The largest absolute Gasteiger partial charge is 0.465 e. The van der Waals surface area contributed by atoms with Gasteiger partial charge in [-0.1, -0.05) is 27.7 Å². The molecule has 1 unspecified atom stereocenters. The van der Waals surface area contributed by atoms with Crippen LogP contribution in [0.1, 0.15) is 33.6 Å². The molecule has 12 heavy (non-hydrogen) atoms. The quantitative estimate of drug-likeness (QED) is 0.594. The number of rotatable bonds is 5. The van der Waals surface area contributed by atoms with E-state index in [2.05, 4.69) is 6.92 Å². The lowest BCUT2D eigenvalue weighted by molar-refractivity contribution is -0.150. The van der Waals surface area contributed by atoms with Crippen molar-refractivity contribution in [3.05, 3.63) is 6.92 Å². The lowest BCUT2D eigenvalue weighted by Crippen LogP contribution is -2.22. The van der Waals surface area contributed by atoms with Crippen LogP contribution < -0.4 is 0 Å². The molecule has 0 bridgehead atoms. The molecule has 2 heteroatoms. The standard InChI is InChI=1S/C10H19O2/c1-5-7-12-10(11)9(6-2)8(3)4/h8-9H,2,5-7H2,1,3-4H3. The molecular weight excluding hydrogens is 152 g/mol. The topological polar surface area (TPSA) is 26.3 Å². The van der Waals surface area contributed by atoms with Crippen molar-refractivity contribution in [1.82, 2.24) is 0 Å². The first-order chi connectivity index (χ1) is 5.63. The minimum atomic E-state index is -0.0955. The van der Waals surface area contributed by atoms with Gasteiger partial charge in [-0.2, -0.15) is 0 Å². The Kier molecular flexibility index (Phi) is 5.77. The number of hydrogen-bond donors (Lipinski definition) is 0. The fourth-order valence-electron chi connectivity index (χ4n) is 1.03. The zero-order valence-electron chi connectivity index (χ0n) is 8.30. The van der Waals surface area contributed by atoms with Gasteiger partial charge in [0.25, 0.3) is 0 Å². The van der Waals surface area contributed by atoms with Crippen LogP contribution in [-0.2, 0) is 9.53 Å². The van der Waals surface area contributed by atoms with Crippen LogP contribution in [0.15, 0.2) is 0 Å². The second kappa shape index (κ2) is 6.04. The molecule has 0 amide bonds. The number of carbonyl (C=O) groups excluding carboxylic acids is 1. The predicted octanol–water partition coefficient (Wildman–Crippen LogP) is 2.44. The fraction of sp³-hybridized carbons (Fsp3) is 0.800. The summed E-state index contributed by atoms with van der Waals surface area (Å²) in [7, 11) is 0. The Labute approximate surface area is 75.3 Å². The van der Waals surface area contributed by atoms with E-state index in [0.717, 1.165) is 6.42 Å². The first-order valence-electron chi connectivity index (χ1n) is 4.59. The summed E-state index contributed by atoms with van der Waals surface area (Å²) < 4.78 is 5.03. The molecule has 0 aliphatic rings. The number of carbonyl (C=O) groups is 1. The van der Waals surface area contributed by atoms with Gasteiger partial charge < -0.3 is 4.74 Å². The molecule has 0 N–H and O–H groups in total. The summed E-state index contributed by atoms with van der Waals surface area (Å²) in [5.41, 5.74) is 0. The summed E-state index contributed by atoms with van der Waals surface area (Å²) in [5, 5.41) is 0. The fourth-order valence-corrected chi connectivity index (χ4v) is 1.03. The summed E-state index contributed by atoms with van der Waals surface area (Å²) in [4.78, 5) is 11.3. The van der Waals surface area contributed by atoms with Gasteiger partial charge in [-0.05, 0) is 18.8 Å². The van der Waals surface area contributed by atoms with Gasteiger partial charge in [-0.3, -0.25) is 4.79 Å². The first-order valence-corrected chi connectivity index (χ1v) is 4.59. The lowest BCUT2D eigenvalue weighted by Gasteiger charge is -2.16. The molecule has 71 valence electrons. The Morgan fingerprint density at radius 1 is 1.50 bits per heavy atom. The number of esters is 1. The summed E-state index contributed by atoms with van der Waals surface area (Å²) in [5.74, 6) is 0.199. The zero-order valence-corrected chi connectivity index (χ0v) is 8.30. The van der Waals surface area contributed by atoms with Crippen LogP contribution in [0, 0.1) is 18.8 Å². The first kappa shape index (κ1) is 11.5. The molecule has 0 aromatic rings. The van der Waals surface area contributed by atoms with Gasteiger partial charge in [0.2, 0.25) is 0 Å². The molecule has 0 aromatic carbocycles. The van der Waals surface area contributed by atoms with Crippen LogP contribution in [-0.4, -0.2) is 12.6 Å². The van der Waals surface area contributed by atoms with Gasteiger partial charge in [0.05, 0.1) is 12.5 Å². The Balaban J connectivity index is 3.86. The molecule has 1 radical (unpaired) electrons. The molecule has 0 aromatic heterocycles. The highest BCUT2D eigenvalue weighted by atomic mass is 16.5. The third-order valence-electron chi connectivity index (χ3n) is 1.87. The summed E-state index contributed by atoms with van der Waals surface area (Å²) >= 11 is 0. The molecule has 0 saturated carbocycles. The van der Waals surface area contributed by atoms with Crippen LogP contribution >= 0.6 is 0 Å². The van der Waals surface area contributed by atoms with Gasteiger partial charge in [0, 0.05) is 0 Å². The molecule has 0 rings (SSSR count). The van der Waals surface area contributed by atoms with Crippen molar-refractivity contribution in [2.24, 2.45) is 11.8 Å². The molecule has 0 saturated heterocycles. The van der Waals surface area contributed by atoms with Crippen LogP contribution in [0.2, 0.25) is 0 Å². The van der Waals surface area contributed by atoms with Crippen LogP contribution in [0.3, 0.4) is 0 Å². The molecule has 0 aliphatic heterocycles. The average Bonchev–Trinajstić information content (AvgIpc) is 2.01. The van der Waals surface area contributed by atoms with Crippen molar-refractivity contribution in [2.75, 3.05) is 6.61 Å². The van der Waals surface area contributed by atoms with Crippen molar-refractivity contribution in [2.45, 2.75) is 33.6 Å². The third kappa shape index (κ3) is 3.74. The van der Waals surface area contributed by atoms with E-state index < -0.39 is 0 Å². The highest BCUT2D eigenvalue weighted by Gasteiger charge is 2.20. The normalized spacial score (nSPS) is 13.1. The van der Waals surface area contributed by atoms with Crippen LogP contribution in [0.5, 0.6) is 0 Å². The maximum Gasteiger partial charge on any atom is 0.309 e. The monoisotopic (exact) mass is 171 g/mol. The Morgan fingerprint density at radius 3 is 2.42 bits per heavy atom. The zero-order chi connectivity index (χ0) is 9.56. The van der Waals surface area contributed by atoms with Gasteiger partial charge in [-0.15, -0.1) is 0 Å². The van der Waals surface area contributed by atoms with Crippen LogP contribution in [0.4, 0.5) is 0 Å². The van der Waals surface area contributed by atoms with E-state index >= 15 is 0 Å². The molecule has 0 heterocycles. The molecule has 0 spiro atoms. The van der Waals surface area contributed by atoms with E-state index in [1.807, 2.05) is 20.8 Å². The number of hydrogen-bond acceptors (Lipinski definition) is 2. The molecular formula is C10H19O2. The van der Waals surface area contributed by atoms with Gasteiger partial charge in [-0.25, -0.2) is 0 Å². The van der Waals surface area contributed by atoms with E-state index in [0.29, 0.717) is 18.9 Å². The van der Waals surface area contributed by atoms with Gasteiger partial charge in [0.1, 0.15) is 0 Å². The van der Waals surface area contributed by atoms with E-state index in [4.69, 9.17) is 4.74 Å². The predicted molar refractivity (Wildman–Crippen MR) is 49.6 cm³/mol. The smallest absolute Gasteiger partial charge is 0.309 e. The second-order valence-electron chi connectivity index (χ2n) is 3.31. The van der Waals surface area contributed by atoms with Gasteiger partial charge >= 0.3 is 5.97 Å². The summed E-state index contributed by atoms with van der Waals surface area (Å²) in [6.07, 6.45) is 1.51. The summed E-state index contributed by atoms with van der Waals surface area (Å²) in [6.45, 7) is 10.3. The lowest BCUT2D eigenvalue weighted by atomic mass is 9.94. The minimum Gasteiger partial charge on any atom is -0.465 e. The van der Waals surface area contributed by atoms with E-state index in [1.165, 1.54) is 0 Å². The SMILES string of the molecule is [CH2]CC(C(=O)OCCC)C(C)C. The second-order valence-corrected chi connectivity index (χ2v) is 3.31. The minimum absolute atomic E-state index is 0.0310. The maximum absolute atomic E-state index is 11.3. The van der Waals surface area contributed by atoms with E-state index in [-0.39, 0.29) is 11.9 Å². The highest BCUT2D eigenvalue weighted by molar-refractivity contribution is 5.72. The third-order valence-corrected chi connectivity index (χ3v) is 1.87. The molecule has 1 atom stereocenters. The molecule has 0 fully saturated rings. The van der Waals surface area contributed by atoms with Crippen LogP contribution in [0.25, 0.3) is 0 Å². The maximum atomic E-state index is 11.3. The molecule has 0 aliphatic carbocycles. The molecule has 2 nitrogen and oxygen atoms in total. The average molecular weight is 171 g/mol. The highest BCUT2D eigenvalue weighted by Crippen LogP contribution is 2.16. The van der Waals surface area contributed by atoms with Gasteiger partial charge in [0.15, 0.2) is 0 Å². The van der Waals surface area contributed by atoms with Crippen molar-refractivity contribution in [3.63, 3.8) is 0 Å². The Morgan fingerprint density at radius 2 is 2.08 bits per heavy atom. The van der Waals surface area contributed by atoms with Crippen molar-refractivity contribution in [3.8, 4) is 0 Å². The van der Waals surface area contributed by atoms with Crippen molar-refractivity contribution in [1.29, 1.82) is 0 Å². The Bertz CT molecular complexity index is 130. The van der Waals surface area contributed by atoms with E-state index in [1.54, 1.807) is 0 Å².